The predicted octanol–water partition coefficient (Wildman–Crippen LogP) is 2.72. The molecule has 0 saturated carbocycles. The van der Waals surface area contributed by atoms with Gasteiger partial charge in [-0.15, -0.1) is 0 Å². The Bertz CT molecular complexity index is 143. The molecule has 0 aliphatic rings. The van der Waals surface area contributed by atoms with Crippen LogP contribution >= 0.6 is 0 Å². The first-order valence-corrected chi connectivity index (χ1v) is 5.81. The molecule has 0 saturated heterocycles. The van der Waals surface area contributed by atoms with E-state index in [1.165, 1.54) is 0 Å². The molecule has 0 spiro atoms. The lowest BCUT2D eigenvalue weighted by molar-refractivity contribution is 0.0252. The fourth-order valence-corrected chi connectivity index (χ4v) is 1.40. The lowest BCUT2D eigenvalue weighted by Gasteiger charge is -2.23. The van der Waals surface area contributed by atoms with Crippen LogP contribution < -0.4 is 0 Å². The van der Waals surface area contributed by atoms with Gasteiger partial charge in [0.25, 0.3) is 0 Å². The molecule has 0 aliphatic carbocycles. The van der Waals surface area contributed by atoms with E-state index in [-0.39, 0.29) is 6.10 Å². The van der Waals surface area contributed by atoms with Crippen molar-refractivity contribution in [2.75, 3.05) is 0 Å². The lowest BCUT2D eigenvalue weighted by atomic mass is 9.92. The van der Waals surface area contributed by atoms with Crippen molar-refractivity contribution < 1.29 is 10.2 Å². The zero-order chi connectivity index (χ0) is 11.2. The second kappa shape index (κ2) is 6.41. The number of aliphatic hydroxyl groups is 2. The van der Waals surface area contributed by atoms with Crippen molar-refractivity contribution in [2.24, 2.45) is 5.92 Å². The van der Waals surface area contributed by atoms with Gasteiger partial charge in [-0.1, -0.05) is 27.2 Å². The van der Waals surface area contributed by atoms with Crippen molar-refractivity contribution in [1.82, 2.24) is 0 Å². The zero-order valence-corrected chi connectivity index (χ0v) is 10.1. The van der Waals surface area contributed by atoms with Gasteiger partial charge in [0, 0.05) is 0 Å². The maximum Gasteiger partial charge on any atom is 0.0618 e. The van der Waals surface area contributed by atoms with Crippen molar-refractivity contribution in [2.45, 2.75) is 71.5 Å². The zero-order valence-electron chi connectivity index (χ0n) is 10.1. The van der Waals surface area contributed by atoms with Crippen molar-refractivity contribution >= 4 is 0 Å². The fourth-order valence-electron chi connectivity index (χ4n) is 1.40. The molecular weight excluding hydrogens is 176 g/mol. The number of rotatable bonds is 7. The standard InChI is InChI=1S/C12H26O2/c1-5-10(3)9-11(13)7-8-12(4,14)6-2/h10-11,13-14H,5-9H2,1-4H3. The Morgan fingerprint density at radius 1 is 1.29 bits per heavy atom. The summed E-state index contributed by atoms with van der Waals surface area (Å²) in [6, 6.07) is 0. The van der Waals surface area contributed by atoms with Crippen LogP contribution in [0.25, 0.3) is 0 Å². The maximum absolute atomic E-state index is 9.75. The summed E-state index contributed by atoms with van der Waals surface area (Å²) in [6.07, 6.45) is 3.88. The van der Waals surface area contributed by atoms with E-state index < -0.39 is 5.60 Å². The highest BCUT2D eigenvalue weighted by Crippen LogP contribution is 2.20. The highest BCUT2D eigenvalue weighted by Gasteiger charge is 2.19. The van der Waals surface area contributed by atoms with E-state index in [0.717, 1.165) is 19.3 Å². The predicted molar refractivity (Wildman–Crippen MR) is 60.2 cm³/mol. The van der Waals surface area contributed by atoms with Crippen LogP contribution in [0.5, 0.6) is 0 Å². The molecule has 2 nitrogen and oxygen atoms in total. The summed E-state index contributed by atoms with van der Waals surface area (Å²) in [4.78, 5) is 0. The molecule has 0 bridgehead atoms. The largest absolute Gasteiger partial charge is 0.393 e. The Kier molecular flexibility index (Phi) is 6.38. The summed E-state index contributed by atoms with van der Waals surface area (Å²) >= 11 is 0. The topological polar surface area (TPSA) is 40.5 Å². The first kappa shape index (κ1) is 13.9. The Morgan fingerprint density at radius 3 is 2.29 bits per heavy atom. The normalized spacial score (nSPS) is 20.1. The van der Waals surface area contributed by atoms with Crippen LogP contribution in [-0.2, 0) is 0 Å². The van der Waals surface area contributed by atoms with E-state index in [2.05, 4.69) is 13.8 Å². The van der Waals surface area contributed by atoms with Gasteiger partial charge in [0.2, 0.25) is 0 Å². The average Bonchev–Trinajstić information content (AvgIpc) is 2.15. The molecule has 14 heavy (non-hydrogen) atoms. The van der Waals surface area contributed by atoms with Crippen molar-refractivity contribution in [3.05, 3.63) is 0 Å². The van der Waals surface area contributed by atoms with Crippen LogP contribution in [0.3, 0.4) is 0 Å². The van der Waals surface area contributed by atoms with Crippen molar-refractivity contribution in [3.8, 4) is 0 Å². The molecule has 86 valence electrons. The van der Waals surface area contributed by atoms with E-state index in [4.69, 9.17) is 0 Å². The molecule has 0 aliphatic heterocycles. The van der Waals surface area contributed by atoms with Crippen LogP contribution in [0.4, 0.5) is 0 Å². The molecule has 0 radical (unpaired) electrons. The van der Waals surface area contributed by atoms with Crippen LogP contribution in [0.2, 0.25) is 0 Å². The van der Waals surface area contributed by atoms with Gasteiger partial charge in [-0.25, -0.2) is 0 Å². The summed E-state index contributed by atoms with van der Waals surface area (Å²) < 4.78 is 0. The third-order valence-corrected chi connectivity index (χ3v) is 3.15. The van der Waals surface area contributed by atoms with Crippen LogP contribution in [-0.4, -0.2) is 21.9 Å². The van der Waals surface area contributed by atoms with Gasteiger partial charge in [0.15, 0.2) is 0 Å². The molecular formula is C12H26O2. The molecule has 0 aromatic heterocycles. The fraction of sp³-hybridized carbons (Fsp3) is 1.00. The highest BCUT2D eigenvalue weighted by molar-refractivity contribution is 4.72. The molecule has 2 N–H and O–H groups in total. The summed E-state index contributed by atoms with van der Waals surface area (Å²) in [7, 11) is 0. The van der Waals surface area contributed by atoms with E-state index >= 15 is 0 Å². The summed E-state index contributed by atoms with van der Waals surface area (Å²) in [5, 5.41) is 19.5. The van der Waals surface area contributed by atoms with E-state index in [0.29, 0.717) is 18.8 Å². The Morgan fingerprint density at radius 2 is 1.86 bits per heavy atom. The minimum Gasteiger partial charge on any atom is -0.393 e. The summed E-state index contributed by atoms with van der Waals surface area (Å²) in [5.74, 6) is 0.580. The second-order valence-electron chi connectivity index (χ2n) is 4.79. The summed E-state index contributed by atoms with van der Waals surface area (Å²) in [5.41, 5.74) is -0.601. The monoisotopic (exact) mass is 202 g/mol. The van der Waals surface area contributed by atoms with E-state index in [1.54, 1.807) is 0 Å². The van der Waals surface area contributed by atoms with Gasteiger partial charge in [-0.05, 0) is 38.5 Å². The number of hydrogen-bond acceptors (Lipinski definition) is 2. The van der Waals surface area contributed by atoms with Crippen LogP contribution in [0.1, 0.15) is 59.8 Å². The van der Waals surface area contributed by atoms with Gasteiger partial charge in [0.1, 0.15) is 0 Å². The minimum absolute atomic E-state index is 0.247. The quantitative estimate of drug-likeness (QED) is 0.666. The first-order valence-electron chi connectivity index (χ1n) is 5.81. The van der Waals surface area contributed by atoms with Gasteiger partial charge < -0.3 is 10.2 Å². The van der Waals surface area contributed by atoms with E-state index in [9.17, 15) is 10.2 Å². The van der Waals surface area contributed by atoms with Crippen molar-refractivity contribution in [3.63, 3.8) is 0 Å². The number of hydrogen-bond donors (Lipinski definition) is 2. The van der Waals surface area contributed by atoms with Crippen molar-refractivity contribution in [1.29, 1.82) is 0 Å². The number of aliphatic hydroxyl groups excluding tert-OH is 1. The van der Waals surface area contributed by atoms with Gasteiger partial charge in [-0.3, -0.25) is 0 Å². The molecule has 0 fully saturated rings. The lowest BCUT2D eigenvalue weighted by Crippen LogP contribution is -2.25. The highest BCUT2D eigenvalue weighted by atomic mass is 16.3. The minimum atomic E-state index is -0.601. The molecule has 0 heterocycles. The van der Waals surface area contributed by atoms with Gasteiger partial charge in [0.05, 0.1) is 11.7 Å². The molecule has 2 heteroatoms. The molecule has 0 amide bonds. The van der Waals surface area contributed by atoms with Crippen LogP contribution in [0.15, 0.2) is 0 Å². The van der Waals surface area contributed by atoms with Gasteiger partial charge in [-0.2, -0.15) is 0 Å². The van der Waals surface area contributed by atoms with Crippen LogP contribution in [0, 0.1) is 5.92 Å². The summed E-state index contributed by atoms with van der Waals surface area (Å²) in [6.45, 7) is 8.10. The average molecular weight is 202 g/mol. The first-order chi connectivity index (χ1) is 6.41. The SMILES string of the molecule is CCC(C)CC(O)CCC(C)(O)CC. The molecule has 0 aromatic rings. The second-order valence-corrected chi connectivity index (χ2v) is 4.79. The van der Waals surface area contributed by atoms with E-state index in [1.807, 2.05) is 13.8 Å². The Hall–Kier alpha value is -0.0800. The molecule has 3 atom stereocenters. The third-order valence-electron chi connectivity index (χ3n) is 3.15. The van der Waals surface area contributed by atoms with Gasteiger partial charge >= 0.3 is 0 Å². The maximum atomic E-state index is 9.75. The molecule has 3 unspecified atom stereocenters. The Balaban J connectivity index is 3.68. The smallest absolute Gasteiger partial charge is 0.0618 e. The molecule has 0 aromatic carbocycles. The Labute approximate surface area is 88.3 Å². The third kappa shape index (κ3) is 6.39. The molecule has 0 rings (SSSR count).